The highest BCUT2D eigenvalue weighted by Gasteiger charge is 2.13. The molecule has 1 aromatic carbocycles. The molecule has 4 nitrogen and oxygen atoms in total. The monoisotopic (exact) mass is 241 g/mol. The number of rotatable bonds is 3. The number of imidazole rings is 1. The maximum atomic E-state index is 6.18. The van der Waals surface area contributed by atoms with Crippen molar-refractivity contribution in [1.82, 2.24) is 9.55 Å². The maximum Gasteiger partial charge on any atom is 0.134 e. The average Bonchev–Trinajstić information content (AvgIpc) is 2.96. The van der Waals surface area contributed by atoms with E-state index < -0.39 is 0 Å². The van der Waals surface area contributed by atoms with E-state index in [1.54, 1.807) is 6.20 Å². The zero-order valence-corrected chi connectivity index (χ0v) is 10.2. The largest absolute Gasteiger partial charge is 0.459 e. The summed E-state index contributed by atoms with van der Waals surface area (Å²) in [5, 5.41) is 1.09. The number of furan rings is 1. The molecular weight excluding hydrogens is 226 g/mol. The van der Waals surface area contributed by atoms with Crippen LogP contribution in [0.5, 0.6) is 0 Å². The van der Waals surface area contributed by atoms with Crippen molar-refractivity contribution in [2.75, 3.05) is 0 Å². The van der Waals surface area contributed by atoms with Gasteiger partial charge in [0.2, 0.25) is 0 Å². The normalized spacial score (nSPS) is 13.0. The van der Waals surface area contributed by atoms with Crippen molar-refractivity contribution in [3.63, 3.8) is 0 Å². The van der Waals surface area contributed by atoms with E-state index in [-0.39, 0.29) is 6.04 Å². The molecule has 0 amide bonds. The number of para-hydroxylation sites is 1. The second-order valence-corrected chi connectivity index (χ2v) is 4.42. The highest BCUT2D eigenvalue weighted by atomic mass is 16.3. The molecule has 0 bridgehead atoms. The van der Waals surface area contributed by atoms with Gasteiger partial charge in [-0.3, -0.25) is 0 Å². The van der Waals surface area contributed by atoms with E-state index in [4.69, 9.17) is 10.2 Å². The van der Waals surface area contributed by atoms with Gasteiger partial charge in [-0.15, -0.1) is 0 Å². The van der Waals surface area contributed by atoms with Crippen LogP contribution in [0.25, 0.3) is 11.0 Å². The van der Waals surface area contributed by atoms with Crippen LogP contribution in [0, 0.1) is 6.92 Å². The fourth-order valence-electron chi connectivity index (χ4n) is 2.08. The van der Waals surface area contributed by atoms with Gasteiger partial charge in [0.1, 0.15) is 17.2 Å². The van der Waals surface area contributed by atoms with E-state index in [0.717, 1.165) is 22.6 Å². The van der Waals surface area contributed by atoms with Crippen LogP contribution in [-0.4, -0.2) is 9.55 Å². The molecule has 3 rings (SSSR count). The van der Waals surface area contributed by atoms with Crippen molar-refractivity contribution in [2.45, 2.75) is 19.5 Å². The zero-order valence-electron chi connectivity index (χ0n) is 10.2. The Bertz CT molecular complexity index is 635. The van der Waals surface area contributed by atoms with Gasteiger partial charge < -0.3 is 14.7 Å². The molecule has 92 valence electrons. The number of nitrogens with two attached hydrogens (primary N) is 1. The first-order chi connectivity index (χ1) is 8.74. The van der Waals surface area contributed by atoms with Gasteiger partial charge in [-0.1, -0.05) is 18.2 Å². The summed E-state index contributed by atoms with van der Waals surface area (Å²) >= 11 is 0. The maximum absolute atomic E-state index is 6.18. The van der Waals surface area contributed by atoms with Crippen LogP contribution in [0.4, 0.5) is 0 Å². The minimum atomic E-state index is -0.162. The number of aromatic nitrogens is 2. The van der Waals surface area contributed by atoms with Crippen molar-refractivity contribution < 1.29 is 4.42 Å². The molecular formula is C14H15N3O. The standard InChI is InChI=1S/C14H15N3O/c1-10-16-6-7-17(10)9-12(15)14-8-11-4-2-3-5-13(11)18-14/h2-8,12H,9,15H2,1H3. The van der Waals surface area contributed by atoms with Gasteiger partial charge in [-0.05, 0) is 19.1 Å². The van der Waals surface area contributed by atoms with Crippen LogP contribution in [0.15, 0.2) is 47.1 Å². The molecule has 18 heavy (non-hydrogen) atoms. The Kier molecular flexibility index (Phi) is 2.64. The summed E-state index contributed by atoms with van der Waals surface area (Å²) in [6.45, 7) is 2.64. The number of hydrogen-bond donors (Lipinski definition) is 1. The minimum absolute atomic E-state index is 0.162. The number of nitrogens with zero attached hydrogens (tertiary/aromatic N) is 2. The lowest BCUT2D eigenvalue weighted by molar-refractivity contribution is 0.452. The highest BCUT2D eigenvalue weighted by molar-refractivity contribution is 5.77. The van der Waals surface area contributed by atoms with Crippen molar-refractivity contribution in [3.8, 4) is 0 Å². The summed E-state index contributed by atoms with van der Waals surface area (Å²) in [5.41, 5.74) is 7.06. The summed E-state index contributed by atoms with van der Waals surface area (Å²) in [6.07, 6.45) is 3.71. The third-order valence-corrected chi connectivity index (χ3v) is 3.13. The Morgan fingerprint density at radius 2 is 2.22 bits per heavy atom. The fraction of sp³-hybridized carbons (Fsp3) is 0.214. The minimum Gasteiger partial charge on any atom is -0.459 e. The number of fused-ring (bicyclic) bond motifs is 1. The van der Waals surface area contributed by atoms with Crippen LogP contribution >= 0.6 is 0 Å². The Balaban J connectivity index is 1.88. The predicted octanol–water partition coefficient (Wildman–Crippen LogP) is 2.64. The van der Waals surface area contributed by atoms with Crippen LogP contribution in [-0.2, 0) is 6.54 Å². The summed E-state index contributed by atoms with van der Waals surface area (Å²) in [4.78, 5) is 4.18. The number of aryl methyl sites for hydroxylation is 1. The van der Waals surface area contributed by atoms with Gasteiger partial charge in [0.25, 0.3) is 0 Å². The molecule has 0 saturated carbocycles. The number of benzene rings is 1. The zero-order chi connectivity index (χ0) is 12.5. The van der Waals surface area contributed by atoms with E-state index in [2.05, 4.69) is 4.98 Å². The second kappa shape index (κ2) is 4.31. The molecule has 3 aromatic rings. The number of hydrogen-bond acceptors (Lipinski definition) is 3. The Hall–Kier alpha value is -2.07. The lowest BCUT2D eigenvalue weighted by Gasteiger charge is -2.10. The van der Waals surface area contributed by atoms with Gasteiger partial charge in [0.15, 0.2) is 0 Å². The molecule has 2 N–H and O–H groups in total. The first kappa shape index (κ1) is 11.0. The summed E-state index contributed by atoms with van der Waals surface area (Å²) in [7, 11) is 0. The molecule has 0 spiro atoms. The first-order valence-corrected chi connectivity index (χ1v) is 5.96. The second-order valence-electron chi connectivity index (χ2n) is 4.42. The molecule has 0 radical (unpaired) electrons. The Morgan fingerprint density at radius 1 is 1.39 bits per heavy atom. The average molecular weight is 241 g/mol. The molecule has 0 aliphatic carbocycles. The molecule has 1 atom stereocenters. The molecule has 0 saturated heterocycles. The summed E-state index contributed by atoms with van der Waals surface area (Å²) < 4.78 is 7.79. The summed E-state index contributed by atoms with van der Waals surface area (Å²) in [5.74, 6) is 1.77. The van der Waals surface area contributed by atoms with E-state index in [1.807, 2.05) is 48.0 Å². The molecule has 2 aromatic heterocycles. The quantitative estimate of drug-likeness (QED) is 0.767. The van der Waals surface area contributed by atoms with E-state index in [0.29, 0.717) is 6.54 Å². The molecule has 4 heteroatoms. The smallest absolute Gasteiger partial charge is 0.134 e. The molecule has 0 aliphatic heterocycles. The third kappa shape index (κ3) is 1.91. The lowest BCUT2D eigenvalue weighted by Crippen LogP contribution is -2.17. The topological polar surface area (TPSA) is 57.0 Å². The van der Waals surface area contributed by atoms with Crippen LogP contribution in [0.3, 0.4) is 0 Å². The van der Waals surface area contributed by atoms with E-state index >= 15 is 0 Å². The van der Waals surface area contributed by atoms with Crippen molar-refractivity contribution in [1.29, 1.82) is 0 Å². The first-order valence-electron chi connectivity index (χ1n) is 5.96. The van der Waals surface area contributed by atoms with Crippen molar-refractivity contribution in [2.24, 2.45) is 5.73 Å². The van der Waals surface area contributed by atoms with Gasteiger partial charge in [0.05, 0.1) is 6.04 Å². The van der Waals surface area contributed by atoms with Gasteiger partial charge in [-0.2, -0.15) is 0 Å². The molecule has 1 unspecified atom stereocenters. The molecule has 2 heterocycles. The van der Waals surface area contributed by atoms with Gasteiger partial charge in [0, 0.05) is 24.3 Å². The van der Waals surface area contributed by atoms with Crippen LogP contribution in [0.2, 0.25) is 0 Å². The molecule has 0 aliphatic rings. The highest BCUT2D eigenvalue weighted by Crippen LogP contribution is 2.23. The van der Waals surface area contributed by atoms with Crippen LogP contribution < -0.4 is 5.73 Å². The van der Waals surface area contributed by atoms with Crippen molar-refractivity contribution in [3.05, 3.63) is 54.3 Å². The third-order valence-electron chi connectivity index (χ3n) is 3.13. The lowest BCUT2D eigenvalue weighted by atomic mass is 10.2. The molecule has 0 fully saturated rings. The fourth-order valence-corrected chi connectivity index (χ4v) is 2.08. The Morgan fingerprint density at radius 3 is 2.94 bits per heavy atom. The van der Waals surface area contributed by atoms with E-state index in [1.165, 1.54) is 0 Å². The van der Waals surface area contributed by atoms with Gasteiger partial charge in [-0.25, -0.2) is 4.98 Å². The summed E-state index contributed by atoms with van der Waals surface area (Å²) in [6, 6.07) is 9.77. The van der Waals surface area contributed by atoms with Crippen LogP contribution in [0.1, 0.15) is 17.6 Å². The van der Waals surface area contributed by atoms with Crippen molar-refractivity contribution >= 4 is 11.0 Å². The van der Waals surface area contributed by atoms with E-state index in [9.17, 15) is 0 Å². The Labute approximate surface area is 105 Å². The predicted molar refractivity (Wildman–Crippen MR) is 70.1 cm³/mol. The SMILES string of the molecule is Cc1nccn1CC(N)c1cc2ccccc2o1. The van der Waals surface area contributed by atoms with Gasteiger partial charge >= 0.3 is 0 Å².